The van der Waals surface area contributed by atoms with Crippen LogP contribution >= 0.6 is 12.4 Å². The minimum absolute atomic E-state index is 0. The van der Waals surface area contributed by atoms with Crippen molar-refractivity contribution in [3.8, 4) is 0 Å². The summed E-state index contributed by atoms with van der Waals surface area (Å²) in [6.45, 7) is 9.15. The van der Waals surface area contributed by atoms with Gasteiger partial charge in [0, 0.05) is 37.8 Å². The fourth-order valence-corrected chi connectivity index (χ4v) is 4.95. The Kier molecular flexibility index (Phi) is 9.03. The van der Waals surface area contributed by atoms with Crippen LogP contribution in [0.3, 0.4) is 0 Å². The second kappa shape index (κ2) is 10.3. The highest BCUT2D eigenvalue weighted by Gasteiger charge is 2.32. The van der Waals surface area contributed by atoms with Gasteiger partial charge >= 0.3 is 0 Å². The second-order valence-corrected chi connectivity index (χ2v) is 8.15. The average molecular weight is 404 g/mol. The highest BCUT2D eigenvalue weighted by Crippen LogP contribution is 2.22. The number of carbonyl (C=O) groups is 1. The third kappa shape index (κ3) is 4.97. The summed E-state index contributed by atoms with van der Waals surface area (Å²) >= 11 is 0. The number of hydrogen-bond acceptors (Lipinski definition) is 4. The highest BCUT2D eigenvalue weighted by molar-refractivity contribution is 7.89. The maximum Gasteiger partial charge on any atom is 0.253 e. The van der Waals surface area contributed by atoms with E-state index in [9.17, 15) is 13.2 Å². The molecule has 1 amide bonds. The normalized spacial score (nSPS) is 17.2. The Balaban J connectivity index is 0.00000338. The van der Waals surface area contributed by atoms with Crippen LogP contribution in [-0.4, -0.2) is 62.3 Å². The van der Waals surface area contributed by atoms with Crippen molar-refractivity contribution in [2.45, 2.75) is 44.6 Å². The fourth-order valence-electron chi connectivity index (χ4n) is 3.20. The number of carbonyl (C=O) groups excluding carboxylic acids is 1. The van der Waals surface area contributed by atoms with E-state index in [4.69, 9.17) is 0 Å². The first-order chi connectivity index (χ1) is 12.0. The van der Waals surface area contributed by atoms with Gasteiger partial charge in [0.2, 0.25) is 10.0 Å². The molecule has 1 heterocycles. The Bertz CT molecular complexity index is 669. The zero-order valence-corrected chi connectivity index (χ0v) is 17.4. The minimum atomic E-state index is -3.55. The molecule has 1 unspecified atom stereocenters. The molecule has 6 nitrogen and oxygen atoms in total. The molecular weight excluding hydrogens is 374 g/mol. The van der Waals surface area contributed by atoms with Crippen molar-refractivity contribution in [3.05, 3.63) is 29.8 Å². The zero-order valence-electron chi connectivity index (χ0n) is 15.8. The molecule has 26 heavy (non-hydrogen) atoms. The molecule has 0 aliphatic carbocycles. The maximum atomic E-state index is 13.0. The van der Waals surface area contributed by atoms with Crippen molar-refractivity contribution in [1.82, 2.24) is 14.5 Å². The first-order valence-electron chi connectivity index (χ1n) is 9.07. The molecule has 1 aliphatic rings. The van der Waals surface area contributed by atoms with Crippen LogP contribution < -0.4 is 5.32 Å². The minimum Gasteiger partial charge on any atom is -0.339 e. The molecule has 0 spiro atoms. The summed E-state index contributed by atoms with van der Waals surface area (Å²) in [5, 5.41) is 3.23. The number of nitrogens with zero attached hydrogens (tertiary/aromatic N) is 2. The van der Waals surface area contributed by atoms with Crippen molar-refractivity contribution in [3.63, 3.8) is 0 Å². The zero-order chi connectivity index (χ0) is 18.4. The third-order valence-electron chi connectivity index (χ3n) is 4.64. The van der Waals surface area contributed by atoms with Gasteiger partial charge in [-0.15, -0.1) is 12.4 Å². The lowest BCUT2D eigenvalue weighted by atomic mass is 10.2. The molecule has 1 aliphatic heterocycles. The molecule has 148 valence electrons. The summed E-state index contributed by atoms with van der Waals surface area (Å²) in [6.07, 6.45) is 1.60. The van der Waals surface area contributed by atoms with E-state index in [1.165, 1.54) is 0 Å². The molecule has 0 aromatic heterocycles. The van der Waals surface area contributed by atoms with Crippen molar-refractivity contribution >= 4 is 28.3 Å². The van der Waals surface area contributed by atoms with E-state index in [1.807, 2.05) is 20.8 Å². The number of nitrogens with one attached hydrogen (secondary N) is 1. The Morgan fingerprint density at radius 3 is 2.23 bits per heavy atom. The van der Waals surface area contributed by atoms with Gasteiger partial charge in [0.05, 0.1) is 4.90 Å². The molecule has 8 heteroatoms. The van der Waals surface area contributed by atoms with Crippen LogP contribution in [0.15, 0.2) is 29.2 Å². The smallest absolute Gasteiger partial charge is 0.253 e. The number of amides is 1. The van der Waals surface area contributed by atoms with E-state index in [1.54, 1.807) is 33.5 Å². The largest absolute Gasteiger partial charge is 0.339 e. The van der Waals surface area contributed by atoms with Crippen LogP contribution in [0.1, 0.15) is 44.0 Å². The SMILES string of the molecule is CCCN(C1CCNC1)S(=O)(=O)c1ccc(C(=O)N(CC)CC)cc1.Cl. The topological polar surface area (TPSA) is 69.7 Å². The number of rotatable bonds is 8. The lowest BCUT2D eigenvalue weighted by Gasteiger charge is -2.27. The first-order valence-corrected chi connectivity index (χ1v) is 10.5. The molecule has 0 saturated carbocycles. The van der Waals surface area contributed by atoms with Crippen molar-refractivity contribution < 1.29 is 13.2 Å². The summed E-state index contributed by atoms with van der Waals surface area (Å²) in [6, 6.07) is 6.34. The lowest BCUT2D eigenvalue weighted by Crippen LogP contribution is -2.42. The maximum absolute atomic E-state index is 13.0. The van der Waals surface area contributed by atoms with E-state index in [0.29, 0.717) is 31.7 Å². The lowest BCUT2D eigenvalue weighted by molar-refractivity contribution is 0.0773. The van der Waals surface area contributed by atoms with Crippen molar-refractivity contribution in [2.24, 2.45) is 0 Å². The summed E-state index contributed by atoms with van der Waals surface area (Å²) in [5.41, 5.74) is 0.521. The highest BCUT2D eigenvalue weighted by atomic mass is 35.5. The van der Waals surface area contributed by atoms with Crippen LogP contribution in [0.4, 0.5) is 0 Å². The second-order valence-electron chi connectivity index (χ2n) is 6.26. The van der Waals surface area contributed by atoms with Crippen LogP contribution in [0.5, 0.6) is 0 Å². The van der Waals surface area contributed by atoms with E-state index in [2.05, 4.69) is 5.32 Å². The van der Waals surface area contributed by atoms with E-state index < -0.39 is 10.0 Å². The van der Waals surface area contributed by atoms with Crippen molar-refractivity contribution in [1.29, 1.82) is 0 Å². The Morgan fingerprint density at radius 2 is 1.77 bits per heavy atom. The van der Waals surface area contributed by atoms with Gasteiger partial charge in [-0.25, -0.2) is 8.42 Å². The Hall–Kier alpha value is -1.15. The Morgan fingerprint density at radius 1 is 1.15 bits per heavy atom. The molecule has 1 fully saturated rings. The molecule has 1 saturated heterocycles. The van der Waals surface area contributed by atoms with Gasteiger partial charge in [-0.2, -0.15) is 4.31 Å². The molecule has 0 radical (unpaired) electrons. The standard InChI is InChI=1S/C18H29N3O3S.ClH/c1-4-13-21(16-11-12-19-14-16)25(23,24)17-9-7-15(8-10-17)18(22)20(5-2)6-3;/h7-10,16,19H,4-6,11-14H2,1-3H3;1H. The van der Waals surface area contributed by atoms with Crippen LogP contribution in [0, 0.1) is 0 Å². The van der Waals surface area contributed by atoms with Gasteiger partial charge < -0.3 is 10.2 Å². The molecule has 0 bridgehead atoms. The quantitative estimate of drug-likeness (QED) is 0.723. The Labute approximate surface area is 163 Å². The van der Waals surface area contributed by atoms with Gasteiger partial charge in [0.1, 0.15) is 0 Å². The van der Waals surface area contributed by atoms with Gasteiger partial charge in [0.15, 0.2) is 0 Å². The molecular formula is C18H30ClN3O3S. The van der Waals surface area contributed by atoms with E-state index in [0.717, 1.165) is 19.4 Å². The molecule has 1 aromatic rings. The van der Waals surface area contributed by atoms with Crippen LogP contribution in [-0.2, 0) is 10.0 Å². The van der Waals surface area contributed by atoms with E-state index in [-0.39, 0.29) is 29.3 Å². The van der Waals surface area contributed by atoms with Gasteiger partial charge in [-0.3, -0.25) is 4.79 Å². The number of sulfonamides is 1. The predicted octanol–water partition coefficient (Wildman–Crippen LogP) is 2.35. The predicted molar refractivity (Wildman–Crippen MR) is 106 cm³/mol. The fraction of sp³-hybridized carbons (Fsp3) is 0.611. The summed E-state index contributed by atoms with van der Waals surface area (Å²) in [5.74, 6) is -0.0700. The summed E-state index contributed by atoms with van der Waals surface area (Å²) in [7, 11) is -3.55. The molecule has 1 N–H and O–H groups in total. The van der Waals surface area contributed by atoms with Crippen molar-refractivity contribution in [2.75, 3.05) is 32.7 Å². The monoisotopic (exact) mass is 403 g/mol. The number of halogens is 1. The van der Waals surface area contributed by atoms with Gasteiger partial charge in [-0.1, -0.05) is 6.92 Å². The average Bonchev–Trinajstić information content (AvgIpc) is 3.14. The number of hydrogen-bond donors (Lipinski definition) is 1. The van der Waals surface area contributed by atoms with Gasteiger partial charge in [0.25, 0.3) is 5.91 Å². The van der Waals surface area contributed by atoms with Gasteiger partial charge in [-0.05, 0) is 57.5 Å². The van der Waals surface area contributed by atoms with Crippen LogP contribution in [0.25, 0.3) is 0 Å². The summed E-state index contributed by atoms with van der Waals surface area (Å²) < 4.78 is 27.7. The first kappa shape index (κ1) is 22.9. The summed E-state index contributed by atoms with van der Waals surface area (Å²) in [4.78, 5) is 14.3. The van der Waals surface area contributed by atoms with E-state index >= 15 is 0 Å². The van der Waals surface area contributed by atoms with Crippen LogP contribution in [0.2, 0.25) is 0 Å². The number of benzene rings is 1. The molecule has 1 aromatic carbocycles. The molecule has 2 rings (SSSR count). The molecule has 1 atom stereocenters. The third-order valence-corrected chi connectivity index (χ3v) is 6.61.